The van der Waals surface area contributed by atoms with E-state index < -0.39 is 9.84 Å². The summed E-state index contributed by atoms with van der Waals surface area (Å²) in [5.74, 6) is 0.0962. The number of nitrogens with zero attached hydrogens (tertiary/aromatic N) is 1. The van der Waals surface area contributed by atoms with Crippen LogP contribution in [-0.2, 0) is 9.84 Å². The summed E-state index contributed by atoms with van der Waals surface area (Å²) >= 11 is 1.13. The number of thiazole rings is 1. The molecule has 1 aromatic heterocycles. The van der Waals surface area contributed by atoms with Gasteiger partial charge in [0.15, 0.2) is 0 Å². The highest BCUT2D eigenvalue weighted by Crippen LogP contribution is 2.29. The normalized spacial score (nSPS) is 11.8. The number of fused-ring (bicyclic) bond motifs is 1. The van der Waals surface area contributed by atoms with Crippen LogP contribution in [0.1, 0.15) is 25.0 Å². The summed E-state index contributed by atoms with van der Waals surface area (Å²) in [6.07, 6.45) is 0. The fourth-order valence-corrected chi connectivity index (χ4v) is 5.77. The third kappa shape index (κ3) is 4.51. The van der Waals surface area contributed by atoms with Gasteiger partial charge in [-0.05, 0) is 55.2 Å². The van der Waals surface area contributed by atoms with Gasteiger partial charge in [-0.15, -0.1) is 11.3 Å². The zero-order chi connectivity index (χ0) is 20.5. The second kappa shape index (κ2) is 7.89. The molecule has 1 heterocycles. The number of hydrogen-bond acceptors (Lipinski definition) is 5. The standard InChI is InChI=1S/C20H23N3O3S2/c1-12(2)11-28(25,26)20-23-17-9-8-15(10-18(17)27-20)21-19(24)22-16-7-5-6-13(3)14(16)4/h5-10,12H,11H2,1-4H3,(H2,21,22,24). The SMILES string of the molecule is Cc1cccc(NC(=O)Nc2ccc3nc(S(=O)(=O)CC(C)C)sc3c2)c1C. The van der Waals surface area contributed by atoms with E-state index in [9.17, 15) is 13.2 Å². The zero-order valence-corrected chi connectivity index (χ0v) is 17.9. The van der Waals surface area contributed by atoms with Crippen LogP contribution in [0.25, 0.3) is 10.2 Å². The average molecular weight is 418 g/mol. The van der Waals surface area contributed by atoms with Crippen molar-refractivity contribution in [3.05, 3.63) is 47.5 Å². The molecule has 0 saturated heterocycles. The number of urea groups is 1. The highest BCUT2D eigenvalue weighted by atomic mass is 32.2. The van der Waals surface area contributed by atoms with Gasteiger partial charge < -0.3 is 10.6 Å². The predicted molar refractivity (Wildman–Crippen MR) is 115 cm³/mol. The van der Waals surface area contributed by atoms with Gasteiger partial charge in [-0.2, -0.15) is 0 Å². The molecule has 0 unspecified atom stereocenters. The Bertz CT molecular complexity index is 1130. The molecule has 2 amide bonds. The van der Waals surface area contributed by atoms with Gasteiger partial charge >= 0.3 is 6.03 Å². The van der Waals surface area contributed by atoms with E-state index in [0.29, 0.717) is 15.9 Å². The molecular weight excluding hydrogens is 394 g/mol. The quantitative estimate of drug-likeness (QED) is 0.612. The number of aromatic nitrogens is 1. The molecule has 2 aromatic carbocycles. The molecule has 0 saturated carbocycles. The van der Waals surface area contributed by atoms with Crippen LogP contribution < -0.4 is 10.6 Å². The molecule has 8 heteroatoms. The Labute approximate surface area is 168 Å². The van der Waals surface area contributed by atoms with Crippen LogP contribution in [0.15, 0.2) is 40.7 Å². The molecule has 0 radical (unpaired) electrons. The third-order valence-corrected chi connectivity index (χ3v) is 7.85. The van der Waals surface area contributed by atoms with Crippen LogP contribution in [0.4, 0.5) is 16.2 Å². The topological polar surface area (TPSA) is 88.2 Å². The molecule has 0 fully saturated rings. The lowest BCUT2D eigenvalue weighted by Gasteiger charge is -2.11. The fourth-order valence-electron chi connectivity index (χ4n) is 2.80. The molecule has 0 atom stereocenters. The average Bonchev–Trinajstić information content (AvgIpc) is 3.02. The molecule has 0 aliphatic rings. The van der Waals surface area contributed by atoms with Crippen molar-refractivity contribution in [2.45, 2.75) is 32.0 Å². The van der Waals surface area contributed by atoms with Crippen molar-refractivity contribution < 1.29 is 13.2 Å². The van der Waals surface area contributed by atoms with Gasteiger partial charge in [-0.3, -0.25) is 0 Å². The van der Waals surface area contributed by atoms with Crippen LogP contribution in [-0.4, -0.2) is 25.2 Å². The van der Waals surface area contributed by atoms with Crippen molar-refractivity contribution in [2.75, 3.05) is 16.4 Å². The van der Waals surface area contributed by atoms with Gasteiger partial charge in [0.1, 0.15) is 0 Å². The highest BCUT2D eigenvalue weighted by Gasteiger charge is 2.21. The zero-order valence-electron chi connectivity index (χ0n) is 16.2. The first kappa shape index (κ1) is 20.3. The molecule has 28 heavy (non-hydrogen) atoms. The number of amides is 2. The molecule has 6 nitrogen and oxygen atoms in total. The van der Waals surface area contributed by atoms with Gasteiger partial charge in [0.2, 0.25) is 14.2 Å². The number of aryl methyl sites for hydroxylation is 1. The van der Waals surface area contributed by atoms with E-state index in [-0.39, 0.29) is 22.0 Å². The molecular formula is C20H23N3O3S2. The maximum atomic E-state index is 12.4. The lowest BCUT2D eigenvalue weighted by Crippen LogP contribution is -2.20. The summed E-state index contributed by atoms with van der Waals surface area (Å²) in [7, 11) is -3.40. The molecule has 2 N–H and O–H groups in total. The predicted octanol–water partition coefficient (Wildman–Crippen LogP) is 4.99. The van der Waals surface area contributed by atoms with Crippen LogP contribution >= 0.6 is 11.3 Å². The molecule has 148 valence electrons. The second-order valence-corrected chi connectivity index (χ2v) is 10.4. The maximum Gasteiger partial charge on any atom is 0.323 e. The van der Waals surface area contributed by atoms with Gasteiger partial charge in [-0.1, -0.05) is 26.0 Å². The molecule has 0 aliphatic carbocycles. The summed E-state index contributed by atoms with van der Waals surface area (Å²) in [6.45, 7) is 7.66. The number of anilines is 2. The molecule has 0 bridgehead atoms. The number of sulfone groups is 1. The molecule has 0 aliphatic heterocycles. The molecule has 3 rings (SSSR count). The Kier molecular flexibility index (Phi) is 5.71. The van der Waals surface area contributed by atoms with E-state index in [1.54, 1.807) is 18.2 Å². The number of hydrogen-bond donors (Lipinski definition) is 2. The highest BCUT2D eigenvalue weighted by molar-refractivity contribution is 7.93. The minimum Gasteiger partial charge on any atom is -0.308 e. The van der Waals surface area contributed by atoms with E-state index in [2.05, 4.69) is 15.6 Å². The number of rotatable bonds is 5. The lowest BCUT2D eigenvalue weighted by molar-refractivity contribution is 0.262. The lowest BCUT2D eigenvalue weighted by atomic mass is 10.1. The maximum absolute atomic E-state index is 12.4. The fraction of sp³-hybridized carbons (Fsp3) is 0.300. The molecule has 3 aromatic rings. The van der Waals surface area contributed by atoms with Crippen LogP contribution in [0.3, 0.4) is 0 Å². The first-order valence-corrected chi connectivity index (χ1v) is 11.4. The van der Waals surface area contributed by atoms with Gasteiger partial charge in [0, 0.05) is 11.4 Å². The Morgan fingerprint density at radius 2 is 1.89 bits per heavy atom. The van der Waals surface area contributed by atoms with Crippen molar-refractivity contribution in [1.29, 1.82) is 0 Å². The Hall–Kier alpha value is -2.45. The number of nitrogens with one attached hydrogen (secondary N) is 2. The number of carbonyl (C=O) groups excluding carboxylic acids is 1. The van der Waals surface area contributed by atoms with Gasteiger partial charge in [0.05, 0.1) is 16.0 Å². The summed E-state index contributed by atoms with van der Waals surface area (Å²) < 4.78 is 25.6. The van der Waals surface area contributed by atoms with Crippen molar-refractivity contribution in [1.82, 2.24) is 4.98 Å². The Morgan fingerprint density at radius 1 is 1.14 bits per heavy atom. The number of carbonyl (C=O) groups is 1. The van der Waals surface area contributed by atoms with Crippen molar-refractivity contribution in [3.63, 3.8) is 0 Å². The smallest absolute Gasteiger partial charge is 0.308 e. The van der Waals surface area contributed by atoms with E-state index in [1.807, 2.05) is 45.9 Å². The first-order chi connectivity index (χ1) is 13.2. The van der Waals surface area contributed by atoms with Gasteiger partial charge in [0.25, 0.3) is 0 Å². The van der Waals surface area contributed by atoms with E-state index >= 15 is 0 Å². The summed E-state index contributed by atoms with van der Waals surface area (Å²) in [5.41, 5.74) is 4.03. The van der Waals surface area contributed by atoms with E-state index in [0.717, 1.165) is 28.2 Å². The minimum atomic E-state index is -3.40. The minimum absolute atomic E-state index is 0.0306. The van der Waals surface area contributed by atoms with E-state index in [4.69, 9.17) is 0 Å². The number of benzene rings is 2. The second-order valence-electron chi connectivity index (χ2n) is 7.16. The van der Waals surface area contributed by atoms with Crippen LogP contribution in [0.2, 0.25) is 0 Å². The van der Waals surface area contributed by atoms with Crippen LogP contribution in [0.5, 0.6) is 0 Å². The molecule has 0 spiro atoms. The van der Waals surface area contributed by atoms with Gasteiger partial charge in [-0.25, -0.2) is 18.2 Å². The van der Waals surface area contributed by atoms with E-state index in [1.165, 1.54) is 0 Å². The van der Waals surface area contributed by atoms with Crippen molar-refractivity contribution in [2.24, 2.45) is 5.92 Å². The summed E-state index contributed by atoms with van der Waals surface area (Å²) in [4.78, 5) is 16.6. The Balaban J connectivity index is 1.79. The van der Waals surface area contributed by atoms with Crippen molar-refractivity contribution in [3.8, 4) is 0 Å². The Morgan fingerprint density at radius 3 is 2.61 bits per heavy atom. The summed E-state index contributed by atoms with van der Waals surface area (Å²) in [5, 5.41) is 5.63. The first-order valence-electron chi connectivity index (χ1n) is 8.93. The third-order valence-electron chi connectivity index (χ3n) is 4.30. The summed E-state index contributed by atoms with van der Waals surface area (Å²) in [6, 6.07) is 10.5. The monoisotopic (exact) mass is 417 g/mol. The van der Waals surface area contributed by atoms with Crippen LogP contribution in [0, 0.1) is 19.8 Å². The largest absolute Gasteiger partial charge is 0.323 e. The van der Waals surface area contributed by atoms with Crippen molar-refractivity contribution >= 4 is 48.8 Å².